The summed E-state index contributed by atoms with van der Waals surface area (Å²) in [6.07, 6.45) is 0. The first-order valence-corrected chi connectivity index (χ1v) is 7.48. The first kappa shape index (κ1) is 18.7. The van der Waals surface area contributed by atoms with Gasteiger partial charge in [-0.05, 0) is 12.5 Å². The van der Waals surface area contributed by atoms with Gasteiger partial charge in [0.1, 0.15) is 0 Å². The highest BCUT2D eigenvalue weighted by Crippen LogP contribution is 2.07. The van der Waals surface area contributed by atoms with E-state index in [4.69, 9.17) is 5.73 Å². The maximum atomic E-state index is 11.9. The molecule has 2 amide bonds. The van der Waals surface area contributed by atoms with E-state index < -0.39 is 11.9 Å². The number of allylic oxidation sites excluding steroid dienone is 1. The topological polar surface area (TPSA) is 101 Å². The lowest BCUT2D eigenvalue weighted by Crippen LogP contribution is -2.50. The molecule has 0 aliphatic carbocycles. The van der Waals surface area contributed by atoms with Crippen molar-refractivity contribution in [3.05, 3.63) is 12.2 Å². The van der Waals surface area contributed by atoms with Crippen molar-refractivity contribution in [2.75, 3.05) is 18.1 Å². The molecule has 0 rings (SSSR count). The Balaban J connectivity index is 4.33. The highest BCUT2D eigenvalue weighted by atomic mass is 32.2. The molecule has 0 aromatic heterocycles. The highest BCUT2D eigenvalue weighted by molar-refractivity contribution is 8.00. The van der Waals surface area contributed by atoms with Gasteiger partial charge < -0.3 is 16.4 Å². The van der Waals surface area contributed by atoms with E-state index in [0.717, 1.165) is 0 Å². The smallest absolute Gasteiger partial charge is 0.238 e. The molecule has 1 atom stereocenters. The Bertz CT molecular complexity index is 383. The van der Waals surface area contributed by atoms with Gasteiger partial charge in [-0.2, -0.15) is 11.8 Å². The van der Waals surface area contributed by atoms with Gasteiger partial charge in [0, 0.05) is 11.8 Å². The number of carbonyl (C=O) groups is 3. The van der Waals surface area contributed by atoms with Gasteiger partial charge in [-0.3, -0.25) is 14.4 Å². The fraction of sp³-hybridized carbons (Fsp3) is 0.615. The first-order chi connectivity index (χ1) is 9.23. The normalized spacial score (nSPS) is 12.0. The van der Waals surface area contributed by atoms with Gasteiger partial charge in [0.15, 0.2) is 5.78 Å². The van der Waals surface area contributed by atoms with Gasteiger partial charge in [-0.25, -0.2) is 0 Å². The number of primary amides is 1. The van der Waals surface area contributed by atoms with Crippen molar-refractivity contribution in [1.82, 2.24) is 10.6 Å². The summed E-state index contributed by atoms with van der Waals surface area (Å²) in [7, 11) is 0. The Labute approximate surface area is 123 Å². The van der Waals surface area contributed by atoms with Gasteiger partial charge in [0.05, 0.1) is 18.3 Å². The predicted octanol–water partition coefficient (Wildman–Crippen LogP) is -0.167. The van der Waals surface area contributed by atoms with Gasteiger partial charge in [-0.15, -0.1) is 0 Å². The zero-order chi connectivity index (χ0) is 15.7. The minimum atomic E-state index is -0.591. The SMILES string of the molecule is C=C(C)C(=O)CSCC(NC(C)C)C(=O)NCC(N)=O. The van der Waals surface area contributed by atoms with Gasteiger partial charge in [0.2, 0.25) is 11.8 Å². The molecule has 7 heteroatoms. The van der Waals surface area contributed by atoms with Crippen LogP contribution in [0.3, 0.4) is 0 Å². The lowest BCUT2D eigenvalue weighted by atomic mass is 10.2. The Morgan fingerprint density at radius 2 is 1.90 bits per heavy atom. The molecule has 6 nitrogen and oxygen atoms in total. The average Bonchev–Trinajstić information content (AvgIpc) is 2.33. The fourth-order valence-electron chi connectivity index (χ4n) is 1.29. The number of carbonyl (C=O) groups excluding carboxylic acids is 3. The quantitative estimate of drug-likeness (QED) is 0.486. The molecule has 0 saturated heterocycles. The Morgan fingerprint density at radius 3 is 2.35 bits per heavy atom. The number of rotatable bonds is 10. The number of nitrogens with one attached hydrogen (secondary N) is 2. The van der Waals surface area contributed by atoms with Crippen LogP contribution >= 0.6 is 11.8 Å². The first-order valence-electron chi connectivity index (χ1n) is 6.32. The predicted molar refractivity (Wildman–Crippen MR) is 81.4 cm³/mol. The number of nitrogens with two attached hydrogens (primary N) is 1. The minimum absolute atomic E-state index is 0.0316. The van der Waals surface area contributed by atoms with E-state index in [-0.39, 0.29) is 30.0 Å². The molecule has 0 spiro atoms. The van der Waals surface area contributed by atoms with Crippen LogP contribution in [0.15, 0.2) is 12.2 Å². The number of ketones is 1. The zero-order valence-corrected chi connectivity index (χ0v) is 13.0. The second kappa shape index (κ2) is 9.55. The largest absolute Gasteiger partial charge is 0.368 e. The number of Topliss-reactive ketones (excluding diaryl/α,β-unsaturated/α-hetero) is 1. The number of amides is 2. The van der Waals surface area contributed by atoms with E-state index in [9.17, 15) is 14.4 Å². The Morgan fingerprint density at radius 1 is 1.30 bits per heavy atom. The molecule has 0 aliphatic heterocycles. The molecule has 0 radical (unpaired) electrons. The van der Waals surface area contributed by atoms with Crippen molar-refractivity contribution >= 4 is 29.4 Å². The van der Waals surface area contributed by atoms with Crippen molar-refractivity contribution in [1.29, 1.82) is 0 Å². The molecule has 1 unspecified atom stereocenters. The molecule has 0 fully saturated rings. The highest BCUT2D eigenvalue weighted by Gasteiger charge is 2.19. The van der Waals surface area contributed by atoms with Crippen molar-refractivity contribution in [2.24, 2.45) is 5.73 Å². The van der Waals surface area contributed by atoms with Crippen LogP contribution in [0.4, 0.5) is 0 Å². The van der Waals surface area contributed by atoms with E-state index in [0.29, 0.717) is 11.3 Å². The van der Waals surface area contributed by atoms with E-state index in [1.165, 1.54) is 11.8 Å². The van der Waals surface area contributed by atoms with Crippen LogP contribution in [0, 0.1) is 0 Å². The summed E-state index contributed by atoms with van der Waals surface area (Å²) in [5.41, 5.74) is 5.49. The molecule has 0 saturated carbocycles. The number of thioether (sulfide) groups is 1. The molecule has 0 bridgehead atoms. The Hall–Kier alpha value is -1.34. The number of hydrogen-bond donors (Lipinski definition) is 3. The van der Waals surface area contributed by atoms with Crippen LogP contribution in [0.1, 0.15) is 20.8 Å². The summed E-state index contributed by atoms with van der Waals surface area (Å²) >= 11 is 1.35. The maximum absolute atomic E-state index is 11.9. The number of hydrogen-bond acceptors (Lipinski definition) is 5. The molecular formula is C13H23N3O3S. The van der Waals surface area contributed by atoms with Crippen LogP contribution in [-0.4, -0.2) is 47.7 Å². The van der Waals surface area contributed by atoms with E-state index in [1.807, 2.05) is 13.8 Å². The summed E-state index contributed by atoms with van der Waals surface area (Å²) in [6, 6.07) is -0.367. The standard InChI is InChI=1S/C13H23N3O3S/c1-8(2)11(17)7-20-6-10(16-9(3)4)13(19)15-5-12(14)18/h9-10,16H,1,5-7H2,2-4H3,(H2,14,18)(H,15,19). The third kappa shape index (κ3) is 8.71. The van der Waals surface area contributed by atoms with Crippen LogP contribution in [0.2, 0.25) is 0 Å². The van der Waals surface area contributed by atoms with Crippen LogP contribution in [0.5, 0.6) is 0 Å². The molecule has 4 N–H and O–H groups in total. The van der Waals surface area contributed by atoms with Crippen LogP contribution < -0.4 is 16.4 Å². The fourth-order valence-corrected chi connectivity index (χ4v) is 2.32. The lowest BCUT2D eigenvalue weighted by molar-refractivity contribution is -0.126. The molecule has 0 heterocycles. The van der Waals surface area contributed by atoms with Crippen molar-refractivity contribution in [3.63, 3.8) is 0 Å². The molecule has 0 aliphatic rings. The monoisotopic (exact) mass is 301 g/mol. The van der Waals surface area contributed by atoms with Crippen LogP contribution in [-0.2, 0) is 14.4 Å². The van der Waals surface area contributed by atoms with Crippen molar-refractivity contribution in [3.8, 4) is 0 Å². The average molecular weight is 301 g/mol. The minimum Gasteiger partial charge on any atom is -0.368 e. The van der Waals surface area contributed by atoms with Crippen molar-refractivity contribution in [2.45, 2.75) is 32.9 Å². The molecule has 114 valence electrons. The van der Waals surface area contributed by atoms with Crippen molar-refractivity contribution < 1.29 is 14.4 Å². The second-order valence-electron chi connectivity index (χ2n) is 4.78. The Kier molecular flexibility index (Phi) is 8.91. The summed E-state index contributed by atoms with van der Waals surface area (Å²) in [4.78, 5) is 34.0. The second-order valence-corrected chi connectivity index (χ2v) is 5.81. The zero-order valence-electron chi connectivity index (χ0n) is 12.2. The van der Waals surface area contributed by atoms with Gasteiger partial charge in [-0.1, -0.05) is 20.4 Å². The van der Waals surface area contributed by atoms with Gasteiger partial charge in [0.25, 0.3) is 0 Å². The van der Waals surface area contributed by atoms with E-state index >= 15 is 0 Å². The van der Waals surface area contributed by atoms with E-state index in [1.54, 1.807) is 6.92 Å². The third-order valence-electron chi connectivity index (χ3n) is 2.28. The molecular weight excluding hydrogens is 278 g/mol. The molecule has 20 heavy (non-hydrogen) atoms. The summed E-state index contributed by atoms with van der Waals surface area (Å²) < 4.78 is 0. The van der Waals surface area contributed by atoms with Crippen LogP contribution in [0.25, 0.3) is 0 Å². The third-order valence-corrected chi connectivity index (χ3v) is 3.32. The van der Waals surface area contributed by atoms with E-state index in [2.05, 4.69) is 17.2 Å². The lowest BCUT2D eigenvalue weighted by Gasteiger charge is -2.20. The molecule has 0 aromatic rings. The summed E-state index contributed by atoms with van der Waals surface area (Å²) in [6.45, 7) is 8.87. The molecule has 0 aromatic carbocycles. The maximum Gasteiger partial charge on any atom is 0.238 e. The summed E-state index contributed by atoms with van der Waals surface area (Å²) in [5.74, 6) is -0.202. The van der Waals surface area contributed by atoms with Gasteiger partial charge >= 0.3 is 0 Å². The summed E-state index contributed by atoms with van der Waals surface area (Å²) in [5, 5.41) is 5.54.